The number of nitrogens with zero attached hydrogens (tertiary/aromatic N) is 1. The van der Waals surface area contributed by atoms with Gasteiger partial charge in [0.25, 0.3) is 0 Å². The van der Waals surface area contributed by atoms with Gasteiger partial charge in [0.1, 0.15) is 12.4 Å². The van der Waals surface area contributed by atoms with Gasteiger partial charge in [-0.3, -0.25) is 9.62 Å². The molecular formula is C22H28N2O6S. The Kier molecular flexibility index (Phi) is 8.27. The van der Waals surface area contributed by atoms with Gasteiger partial charge in [0.15, 0.2) is 0 Å². The number of anilines is 1. The Hall–Kier alpha value is -2.62. The summed E-state index contributed by atoms with van der Waals surface area (Å²) >= 11 is 0. The van der Waals surface area contributed by atoms with E-state index in [0.717, 1.165) is 18.7 Å². The van der Waals surface area contributed by atoms with Crippen molar-refractivity contribution < 1.29 is 27.4 Å². The SMILES string of the molecule is COc1ccc(C(=O)OCc2ccccc2)cc1NS(=O)(=O)CCCN1CCOCC1. The van der Waals surface area contributed by atoms with Crippen molar-refractivity contribution in [2.24, 2.45) is 0 Å². The summed E-state index contributed by atoms with van der Waals surface area (Å²) in [6, 6.07) is 13.9. The quantitative estimate of drug-likeness (QED) is 0.558. The summed E-state index contributed by atoms with van der Waals surface area (Å²) in [5.41, 5.74) is 1.32. The molecule has 0 aliphatic carbocycles. The second-order valence-electron chi connectivity index (χ2n) is 7.21. The maximum absolute atomic E-state index is 12.6. The van der Waals surface area contributed by atoms with Gasteiger partial charge in [-0.25, -0.2) is 13.2 Å². The van der Waals surface area contributed by atoms with Gasteiger partial charge in [0, 0.05) is 13.1 Å². The molecule has 8 nitrogen and oxygen atoms in total. The Bertz CT molecular complexity index is 959. The van der Waals surface area contributed by atoms with Gasteiger partial charge in [-0.15, -0.1) is 0 Å². The largest absolute Gasteiger partial charge is 0.495 e. The number of benzene rings is 2. The van der Waals surface area contributed by atoms with E-state index in [2.05, 4.69) is 9.62 Å². The fourth-order valence-corrected chi connectivity index (χ4v) is 4.35. The maximum atomic E-state index is 12.6. The highest BCUT2D eigenvalue weighted by molar-refractivity contribution is 7.92. The number of hydrogen-bond acceptors (Lipinski definition) is 7. The number of methoxy groups -OCH3 is 1. The van der Waals surface area contributed by atoms with Crippen LogP contribution in [0, 0.1) is 0 Å². The summed E-state index contributed by atoms with van der Waals surface area (Å²) in [6.07, 6.45) is 0.496. The van der Waals surface area contributed by atoms with Crippen LogP contribution in [0.1, 0.15) is 22.3 Å². The van der Waals surface area contributed by atoms with Crippen LogP contribution in [0.2, 0.25) is 0 Å². The molecule has 0 spiro atoms. The van der Waals surface area contributed by atoms with Gasteiger partial charge in [0.2, 0.25) is 10.0 Å². The summed E-state index contributed by atoms with van der Waals surface area (Å²) in [5.74, 6) is -0.244. The Morgan fingerprint density at radius 2 is 1.87 bits per heavy atom. The highest BCUT2D eigenvalue weighted by Gasteiger charge is 2.18. The van der Waals surface area contributed by atoms with Crippen LogP contribution < -0.4 is 9.46 Å². The molecule has 1 N–H and O–H groups in total. The summed E-state index contributed by atoms with van der Waals surface area (Å²) in [4.78, 5) is 14.6. The zero-order chi connectivity index (χ0) is 22.1. The van der Waals surface area contributed by atoms with Crippen LogP contribution >= 0.6 is 0 Å². The molecule has 0 saturated carbocycles. The molecule has 168 valence electrons. The number of sulfonamides is 1. The number of carbonyl (C=O) groups is 1. The average Bonchev–Trinajstić information content (AvgIpc) is 2.78. The zero-order valence-electron chi connectivity index (χ0n) is 17.6. The van der Waals surface area contributed by atoms with E-state index in [4.69, 9.17) is 14.2 Å². The van der Waals surface area contributed by atoms with Crippen molar-refractivity contribution in [3.63, 3.8) is 0 Å². The van der Waals surface area contributed by atoms with Crippen molar-refractivity contribution in [2.45, 2.75) is 13.0 Å². The second kappa shape index (κ2) is 11.1. The van der Waals surface area contributed by atoms with Gasteiger partial charge in [-0.05, 0) is 36.7 Å². The van der Waals surface area contributed by atoms with Gasteiger partial charge in [0.05, 0.1) is 37.3 Å². The van der Waals surface area contributed by atoms with E-state index < -0.39 is 16.0 Å². The van der Waals surface area contributed by atoms with Gasteiger partial charge < -0.3 is 14.2 Å². The number of morpholine rings is 1. The monoisotopic (exact) mass is 448 g/mol. The van der Waals surface area contributed by atoms with Crippen LogP contribution in [0.25, 0.3) is 0 Å². The number of rotatable bonds is 10. The van der Waals surface area contributed by atoms with Crippen molar-refractivity contribution in [1.82, 2.24) is 4.90 Å². The summed E-state index contributed by atoms with van der Waals surface area (Å²) in [7, 11) is -2.16. The first kappa shape index (κ1) is 23.1. The fourth-order valence-electron chi connectivity index (χ4n) is 3.24. The van der Waals surface area contributed by atoms with Gasteiger partial charge in [-0.1, -0.05) is 30.3 Å². The van der Waals surface area contributed by atoms with E-state index in [1.807, 2.05) is 30.3 Å². The Labute approximate surface area is 183 Å². The van der Waals surface area contributed by atoms with Crippen LogP contribution in [0.15, 0.2) is 48.5 Å². The Balaban J connectivity index is 1.60. The third-order valence-electron chi connectivity index (χ3n) is 4.90. The maximum Gasteiger partial charge on any atom is 0.338 e. The molecule has 0 radical (unpaired) electrons. The lowest BCUT2D eigenvalue weighted by molar-refractivity contribution is 0.0381. The summed E-state index contributed by atoms with van der Waals surface area (Å²) < 4.78 is 43.6. The third-order valence-corrected chi connectivity index (χ3v) is 6.26. The first-order valence-electron chi connectivity index (χ1n) is 10.2. The van der Waals surface area contributed by atoms with Gasteiger partial charge >= 0.3 is 5.97 Å². The van der Waals surface area contributed by atoms with E-state index in [9.17, 15) is 13.2 Å². The third kappa shape index (κ3) is 7.23. The smallest absolute Gasteiger partial charge is 0.338 e. The van der Waals surface area contributed by atoms with Crippen LogP contribution in [0.4, 0.5) is 5.69 Å². The van der Waals surface area contributed by atoms with Crippen LogP contribution in [-0.2, 0) is 26.1 Å². The summed E-state index contributed by atoms with van der Waals surface area (Å²) in [6.45, 7) is 3.80. The summed E-state index contributed by atoms with van der Waals surface area (Å²) in [5, 5.41) is 0. The molecule has 1 heterocycles. The first-order valence-corrected chi connectivity index (χ1v) is 11.8. The lowest BCUT2D eigenvalue weighted by Gasteiger charge is -2.26. The molecule has 2 aromatic rings. The minimum Gasteiger partial charge on any atom is -0.495 e. The molecule has 0 amide bonds. The first-order chi connectivity index (χ1) is 15.0. The van der Waals surface area contributed by atoms with Crippen molar-refractivity contribution in [1.29, 1.82) is 0 Å². The van der Waals surface area contributed by atoms with E-state index in [1.54, 1.807) is 12.1 Å². The molecule has 1 aliphatic rings. The van der Waals surface area contributed by atoms with Crippen molar-refractivity contribution in [3.8, 4) is 5.75 Å². The van der Waals surface area contributed by atoms with Crippen LogP contribution in [0.5, 0.6) is 5.75 Å². The van der Waals surface area contributed by atoms with Crippen molar-refractivity contribution in [3.05, 3.63) is 59.7 Å². The lowest BCUT2D eigenvalue weighted by atomic mass is 10.2. The number of carbonyl (C=O) groups excluding carboxylic acids is 1. The van der Waals surface area contributed by atoms with E-state index >= 15 is 0 Å². The van der Waals surface area contributed by atoms with Crippen molar-refractivity contribution in [2.75, 3.05) is 50.4 Å². The molecule has 1 saturated heterocycles. The predicted octanol–water partition coefficient (Wildman–Crippen LogP) is 2.52. The number of ether oxygens (including phenoxy) is 3. The Morgan fingerprint density at radius 1 is 1.13 bits per heavy atom. The molecule has 0 aromatic heterocycles. The number of esters is 1. The van der Waals surface area contributed by atoms with Crippen LogP contribution in [-0.4, -0.2) is 65.0 Å². The fraction of sp³-hybridized carbons (Fsp3) is 0.409. The highest BCUT2D eigenvalue weighted by atomic mass is 32.2. The normalized spacial score (nSPS) is 14.7. The number of nitrogens with one attached hydrogen (secondary N) is 1. The van der Waals surface area contributed by atoms with E-state index in [0.29, 0.717) is 31.9 Å². The Morgan fingerprint density at radius 3 is 2.58 bits per heavy atom. The molecule has 1 fully saturated rings. The standard InChI is InChI=1S/C22H28N2O6S/c1-28-21-9-8-19(22(25)30-17-18-6-3-2-4-7-18)16-20(21)23-31(26,27)15-5-10-24-11-13-29-14-12-24/h2-4,6-9,16,23H,5,10-15,17H2,1H3. The molecule has 3 rings (SSSR count). The highest BCUT2D eigenvalue weighted by Crippen LogP contribution is 2.27. The van der Waals surface area contributed by atoms with Crippen LogP contribution in [0.3, 0.4) is 0 Å². The molecule has 2 aromatic carbocycles. The number of hydrogen-bond donors (Lipinski definition) is 1. The van der Waals surface area contributed by atoms with E-state index in [1.165, 1.54) is 13.2 Å². The second-order valence-corrected chi connectivity index (χ2v) is 9.05. The molecule has 0 bridgehead atoms. The predicted molar refractivity (Wildman–Crippen MR) is 118 cm³/mol. The van der Waals surface area contributed by atoms with Gasteiger partial charge in [-0.2, -0.15) is 0 Å². The molecule has 1 aliphatic heterocycles. The molecule has 31 heavy (non-hydrogen) atoms. The average molecular weight is 449 g/mol. The zero-order valence-corrected chi connectivity index (χ0v) is 18.4. The minimum atomic E-state index is -3.61. The van der Waals surface area contributed by atoms with Crippen molar-refractivity contribution >= 4 is 21.7 Å². The molecule has 0 atom stereocenters. The molecular weight excluding hydrogens is 420 g/mol. The molecule has 9 heteroatoms. The minimum absolute atomic E-state index is 0.0316. The topological polar surface area (TPSA) is 94.2 Å². The van der Waals surface area contributed by atoms with E-state index in [-0.39, 0.29) is 23.6 Å². The lowest BCUT2D eigenvalue weighted by Crippen LogP contribution is -2.37. The molecule has 0 unspecified atom stereocenters.